The van der Waals surface area contributed by atoms with Crippen molar-refractivity contribution in [2.45, 2.75) is 59.5 Å². The molecule has 0 radical (unpaired) electrons. The van der Waals surface area contributed by atoms with E-state index in [-0.39, 0.29) is 24.0 Å². The van der Waals surface area contributed by atoms with E-state index in [0.29, 0.717) is 0 Å². The van der Waals surface area contributed by atoms with Gasteiger partial charge in [0.2, 0.25) is 0 Å². The molecule has 1 N–H and O–H groups in total. The van der Waals surface area contributed by atoms with Crippen LogP contribution >= 0.6 is 0 Å². The summed E-state index contributed by atoms with van der Waals surface area (Å²) in [6, 6.07) is 16.0. The standard InChI is InChI=1S/C24H34O3/c1-18-9-7-8-10-22(18)27-16-20(25)15-26-21-13-11-19(12-14-21)24(5,6)17-23(2,3)4/h7-14,20,25H,15-17H2,1-6H3. The maximum absolute atomic E-state index is 10.1. The molecule has 0 aliphatic carbocycles. The number of aliphatic hydroxyl groups excluding tert-OH is 1. The molecular formula is C24H34O3. The molecule has 1 unspecified atom stereocenters. The van der Waals surface area contributed by atoms with Crippen LogP contribution in [0, 0.1) is 12.3 Å². The largest absolute Gasteiger partial charge is 0.491 e. The highest BCUT2D eigenvalue weighted by atomic mass is 16.5. The maximum atomic E-state index is 10.1. The lowest BCUT2D eigenvalue weighted by molar-refractivity contribution is 0.0624. The Hall–Kier alpha value is -2.00. The lowest BCUT2D eigenvalue weighted by Crippen LogP contribution is -2.25. The molecule has 0 saturated heterocycles. The fourth-order valence-corrected chi connectivity index (χ4v) is 3.58. The smallest absolute Gasteiger partial charge is 0.122 e. The number of para-hydroxylation sites is 1. The van der Waals surface area contributed by atoms with Crippen LogP contribution in [0.1, 0.15) is 52.2 Å². The highest BCUT2D eigenvalue weighted by Crippen LogP contribution is 2.36. The Kier molecular flexibility index (Phi) is 6.94. The molecule has 0 amide bonds. The molecule has 2 rings (SSSR count). The van der Waals surface area contributed by atoms with Gasteiger partial charge in [0.15, 0.2) is 0 Å². The van der Waals surface area contributed by atoms with Gasteiger partial charge in [-0.1, -0.05) is 65.0 Å². The zero-order chi connectivity index (χ0) is 20.1. The Labute approximate surface area is 164 Å². The summed E-state index contributed by atoms with van der Waals surface area (Å²) in [5, 5.41) is 10.1. The molecule has 148 valence electrons. The van der Waals surface area contributed by atoms with Gasteiger partial charge in [-0.05, 0) is 53.5 Å². The average Bonchev–Trinajstić information content (AvgIpc) is 2.57. The van der Waals surface area contributed by atoms with Gasteiger partial charge in [-0.3, -0.25) is 0 Å². The van der Waals surface area contributed by atoms with Crippen LogP contribution in [0.2, 0.25) is 0 Å². The predicted octanol–water partition coefficient (Wildman–Crippen LogP) is 5.53. The summed E-state index contributed by atoms with van der Waals surface area (Å²) in [6.45, 7) is 13.8. The van der Waals surface area contributed by atoms with Gasteiger partial charge in [-0.15, -0.1) is 0 Å². The Morgan fingerprint density at radius 2 is 1.44 bits per heavy atom. The number of rotatable bonds is 8. The minimum Gasteiger partial charge on any atom is -0.491 e. The fraction of sp³-hybridized carbons (Fsp3) is 0.500. The molecule has 0 heterocycles. The van der Waals surface area contributed by atoms with E-state index in [1.165, 1.54) is 5.56 Å². The SMILES string of the molecule is Cc1ccccc1OCC(O)COc1ccc(C(C)(C)CC(C)(C)C)cc1. The Morgan fingerprint density at radius 1 is 0.852 bits per heavy atom. The number of ether oxygens (including phenoxy) is 2. The topological polar surface area (TPSA) is 38.7 Å². The summed E-state index contributed by atoms with van der Waals surface area (Å²) in [5.41, 5.74) is 2.74. The fourth-order valence-electron chi connectivity index (χ4n) is 3.58. The third kappa shape index (κ3) is 6.91. The van der Waals surface area contributed by atoms with Crippen LogP contribution in [-0.4, -0.2) is 24.4 Å². The summed E-state index contributed by atoms with van der Waals surface area (Å²) in [5.74, 6) is 1.56. The van der Waals surface area contributed by atoms with Crippen LogP contribution in [0.4, 0.5) is 0 Å². The minimum atomic E-state index is -0.679. The minimum absolute atomic E-state index is 0.109. The number of aliphatic hydroxyl groups is 1. The van der Waals surface area contributed by atoms with E-state index in [9.17, 15) is 5.11 Å². The molecule has 0 spiro atoms. The van der Waals surface area contributed by atoms with Crippen molar-refractivity contribution in [3.63, 3.8) is 0 Å². The summed E-state index contributed by atoms with van der Waals surface area (Å²) in [4.78, 5) is 0. The van der Waals surface area contributed by atoms with E-state index in [0.717, 1.165) is 23.5 Å². The molecular weight excluding hydrogens is 336 g/mol. The van der Waals surface area contributed by atoms with Gasteiger partial charge in [0.25, 0.3) is 0 Å². The van der Waals surface area contributed by atoms with E-state index < -0.39 is 6.10 Å². The van der Waals surface area contributed by atoms with E-state index in [1.807, 2.05) is 43.3 Å². The molecule has 27 heavy (non-hydrogen) atoms. The van der Waals surface area contributed by atoms with Crippen LogP contribution in [0.25, 0.3) is 0 Å². The first-order valence-electron chi connectivity index (χ1n) is 9.67. The first-order valence-corrected chi connectivity index (χ1v) is 9.67. The number of hydrogen-bond donors (Lipinski definition) is 1. The van der Waals surface area contributed by atoms with Gasteiger partial charge in [0.1, 0.15) is 30.8 Å². The summed E-state index contributed by atoms with van der Waals surface area (Å²) in [7, 11) is 0. The lowest BCUT2D eigenvalue weighted by atomic mass is 9.72. The van der Waals surface area contributed by atoms with Gasteiger partial charge in [-0.25, -0.2) is 0 Å². The van der Waals surface area contributed by atoms with Gasteiger partial charge in [-0.2, -0.15) is 0 Å². The van der Waals surface area contributed by atoms with Crippen molar-refractivity contribution >= 4 is 0 Å². The highest BCUT2D eigenvalue weighted by Gasteiger charge is 2.27. The van der Waals surface area contributed by atoms with Crippen molar-refractivity contribution in [1.82, 2.24) is 0 Å². The second-order valence-electron chi connectivity index (χ2n) is 9.19. The molecule has 0 saturated carbocycles. The maximum Gasteiger partial charge on any atom is 0.122 e. The third-order valence-electron chi connectivity index (χ3n) is 4.58. The van der Waals surface area contributed by atoms with E-state index in [4.69, 9.17) is 9.47 Å². The average molecular weight is 371 g/mol. The van der Waals surface area contributed by atoms with E-state index in [1.54, 1.807) is 0 Å². The second kappa shape index (κ2) is 8.79. The molecule has 3 heteroatoms. The van der Waals surface area contributed by atoms with Crippen LogP contribution in [-0.2, 0) is 5.41 Å². The van der Waals surface area contributed by atoms with Gasteiger partial charge in [0, 0.05) is 0 Å². The van der Waals surface area contributed by atoms with Crippen LogP contribution in [0.15, 0.2) is 48.5 Å². The van der Waals surface area contributed by atoms with Gasteiger partial charge < -0.3 is 14.6 Å². The third-order valence-corrected chi connectivity index (χ3v) is 4.58. The quantitative estimate of drug-likeness (QED) is 0.664. The van der Waals surface area contributed by atoms with Crippen molar-refractivity contribution < 1.29 is 14.6 Å². The molecule has 0 aromatic heterocycles. The zero-order valence-electron chi connectivity index (χ0n) is 17.6. The normalized spacial score (nSPS) is 13.3. The number of hydrogen-bond acceptors (Lipinski definition) is 3. The molecule has 2 aromatic rings. The number of benzene rings is 2. The lowest BCUT2D eigenvalue weighted by Gasteiger charge is -2.33. The Balaban J connectivity index is 1.85. The van der Waals surface area contributed by atoms with Gasteiger partial charge in [0.05, 0.1) is 0 Å². The highest BCUT2D eigenvalue weighted by molar-refractivity contribution is 5.32. The van der Waals surface area contributed by atoms with Crippen molar-refractivity contribution in [3.8, 4) is 11.5 Å². The number of aryl methyl sites for hydroxylation is 1. The summed E-state index contributed by atoms with van der Waals surface area (Å²) >= 11 is 0. The molecule has 3 nitrogen and oxygen atoms in total. The predicted molar refractivity (Wildman–Crippen MR) is 112 cm³/mol. The van der Waals surface area contributed by atoms with Crippen LogP contribution in [0.5, 0.6) is 11.5 Å². The summed E-state index contributed by atoms with van der Waals surface area (Å²) < 4.78 is 11.4. The monoisotopic (exact) mass is 370 g/mol. The Morgan fingerprint density at radius 3 is 2.04 bits per heavy atom. The first kappa shape index (κ1) is 21.3. The summed E-state index contributed by atoms with van der Waals surface area (Å²) in [6.07, 6.45) is 0.427. The van der Waals surface area contributed by atoms with Crippen LogP contribution in [0.3, 0.4) is 0 Å². The molecule has 0 bridgehead atoms. The second-order valence-corrected chi connectivity index (χ2v) is 9.19. The first-order chi connectivity index (χ1) is 12.6. The molecule has 2 aromatic carbocycles. The van der Waals surface area contributed by atoms with Gasteiger partial charge >= 0.3 is 0 Å². The Bertz CT molecular complexity index is 711. The van der Waals surface area contributed by atoms with Crippen molar-refractivity contribution in [2.75, 3.05) is 13.2 Å². The molecule has 0 fully saturated rings. The van der Waals surface area contributed by atoms with E-state index >= 15 is 0 Å². The van der Waals surface area contributed by atoms with Crippen molar-refractivity contribution in [2.24, 2.45) is 5.41 Å². The molecule has 0 aliphatic heterocycles. The van der Waals surface area contributed by atoms with E-state index in [2.05, 4.69) is 46.8 Å². The van der Waals surface area contributed by atoms with Crippen molar-refractivity contribution in [3.05, 3.63) is 59.7 Å². The zero-order valence-corrected chi connectivity index (χ0v) is 17.6. The molecule has 1 atom stereocenters. The van der Waals surface area contributed by atoms with Crippen LogP contribution < -0.4 is 9.47 Å². The van der Waals surface area contributed by atoms with Crippen molar-refractivity contribution in [1.29, 1.82) is 0 Å². The molecule has 0 aliphatic rings.